The van der Waals surface area contributed by atoms with Gasteiger partial charge < -0.3 is 8.85 Å². The summed E-state index contributed by atoms with van der Waals surface area (Å²) in [5.74, 6) is 0.696. The van der Waals surface area contributed by atoms with Crippen LogP contribution in [0.15, 0.2) is 0 Å². The maximum absolute atomic E-state index is 5.59. The molecule has 0 bridgehead atoms. The molecule has 2 nitrogen and oxygen atoms in total. The first-order chi connectivity index (χ1) is 5.24. The zero-order valence-corrected chi connectivity index (χ0v) is 9.28. The number of halogens is 1. The van der Waals surface area contributed by atoms with Gasteiger partial charge in [-0.05, 0) is 18.5 Å². The third kappa shape index (κ3) is 3.56. The van der Waals surface area contributed by atoms with Gasteiger partial charge in [0.1, 0.15) is 0 Å². The highest BCUT2D eigenvalue weighted by Gasteiger charge is 2.31. The molecule has 0 spiro atoms. The minimum atomic E-state index is -1.82. The van der Waals surface area contributed by atoms with Gasteiger partial charge in [0.25, 0.3) is 0 Å². The van der Waals surface area contributed by atoms with Gasteiger partial charge in [0.2, 0.25) is 0 Å². The lowest BCUT2D eigenvalue weighted by atomic mass is 10.6. The molecule has 0 N–H and O–H groups in total. The Morgan fingerprint density at radius 3 is 2.09 bits per heavy atom. The molecule has 0 aliphatic carbocycles. The first-order valence-electron chi connectivity index (χ1n) is 3.91. The van der Waals surface area contributed by atoms with Crippen molar-refractivity contribution in [3.8, 4) is 0 Å². The fraction of sp³-hybridized carbons (Fsp3) is 1.00. The Bertz CT molecular complexity index is 88.2. The fourth-order valence-electron chi connectivity index (χ4n) is 1.09. The molecule has 0 aliphatic heterocycles. The summed E-state index contributed by atoms with van der Waals surface area (Å²) in [5.41, 5.74) is 0. The molecule has 0 heterocycles. The van der Waals surface area contributed by atoms with Crippen molar-refractivity contribution in [2.24, 2.45) is 0 Å². The molecule has 0 rings (SSSR count). The first kappa shape index (κ1) is 11.4. The average molecular weight is 197 g/mol. The monoisotopic (exact) mass is 196 g/mol. The summed E-state index contributed by atoms with van der Waals surface area (Å²) in [7, 11) is 1.64. The zero-order valence-electron chi connectivity index (χ0n) is 7.52. The molecule has 0 fully saturated rings. The zero-order chi connectivity index (χ0) is 8.74. The van der Waals surface area contributed by atoms with E-state index in [1.807, 2.05) is 0 Å². The largest absolute Gasteiger partial charge is 0.398 e. The quantitative estimate of drug-likeness (QED) is 0.480. The van der Waals surface area contributed by atoms with Gasteiger partial charge in [0.05, 0.1) is 0 Å². The van der Waals surface area contributed by atoms with E-state index < -0.39 is 8.56 Å². The molecular weight excluding hydrogens is 180 g/mol. The molecule has 0 aromatic carbocycles. The third-order valence-electron chi connectivity index (χ3n) is 1.97. The van der Waals surface area contributed by atoms with Crippen molar-refractivity contribution in [1.29, 1.82) is 0 Å². The van der Waals surface area contributed by atoms with Gasteiger partial charge in [-0.2, -0.15) is 0 Å². The van der Waals surface area contributed by atoms with Gasteiger partial charge in [0, 0.05) is 20.1 Å². The number of alkyl halides is 1. The molecule has 0 aromatic heterocycles. The van der Waals surface area contributed by atoms with E-state index in [1.165, 1.54) is 0 Å². The lowest BCUT2D eigenvalue weighted by Crippen LogP contribution is -2.38. The van der Waals surface area contributed by atoms with E-state index in [1.54, 1.807) is 14.2 Å². The highest BCUT2D eigenvalue weighted by molar-refractivity contribution is 6.67. The molecular formula is C7H17ClO2Si. The van der Waals surface area contributed by atoms with Crippen molar-refractivity contribution >= 4 is 20.2 Å². The van der Waals surface area contributed by atoms with Crippen LogP contribution in [0.2, 0.25) is 12.1 Å². The lowest BCUT2D eigenvalue weighted by Gasteiger charge is -2.25. The molecule has 0 aromatic rings. The van der Waals surface area contributed by atoms with E-state index in [4.69, 9.17) is 20.5 Å². The van der Waals surface area contributed by atoms with Crippen molar-refractivity contribution in [1.82, 2.24) is 0 Å². The molecule has 0 saturated heterocycles. The Kier molecular flexibility index (Phi) is 6.23. The Labute approximate surface area is 75.1 Å². The lowest BCUT2D eigenvalue weighted by molar-refractivity contribution is 0.242. The van der Waals surface area contributed by atoms with Crippen molar-refractivity contribution in [3.05, 3.63) is 0 Å². The van der Waals surface area contributed by atoms with Crippen molar-refractivity contribution in [2.75, 3.05) is 20.1 Å². The minimum absolute atomic E-state index is 0.696. The van der Waals surface area contributed by atoms with Crippen LogP contribution in [0.4, 0.5) is 0 Å². The van der Waals surface area contributed by atoms with Gasteiger partial charge in [-0.3, -0.25) is 0 Å². The summed E-state index contributed by atoms with van der Waals surface area (Å²) in [6, 6.07) is 2.00. The van der Waals surface area contributed by atoms with E-state index in [0.717, 1.165) is 18.5 Å². The third-order valence-corrected chi connectivity index (χ3v) is 5.92. The van der Waals surface area contributed by atoms with Crippen molar-refractivity contribution in [3.63, 3.8) is 0 Å². The Hall–Kier alpha value is 0.427. The molecule has 0 amide bonds. The van der Waals surface area contributed by atoms with Gasteiger partial charge >= 0.3 is 8.56 Å². The van der Waals surface area contributed by atoms with Gasteiger partial charge in [0.15, 0.2) is 0 Å². The van der Waals surface area contributed by atoms with Crippen LogP contribution in [-0.2, 0) is 8.85 Å². The van der Waals surface area contributed by atoms with Gasteiger partial charge in [-0.25, -0.2) is 0 Å². The molecule has 4 heteroatoms. The predicted molar refractivity (Wildman–Crippen MR) is 50.4 cm³/mol. The SMILES string of the molecule is CC[Si](CCCCl)(OC)OC. The van der Waals surface area contributed by atoms with Crippen LogP contribution in [-0.4, -0.2) is 28.7 Å². The normalized spacial score (nSPS) is 12.0. The van der Waals surface area contributed by atoms with Crippen LogP contribution in [0.3, 0.4) is 0 Å². The van der Waals surface area contributed by atoms with Crippen molar-refractivity contribution < 1.29 is 8.85 Å². The number of rotatable bonds is 6. The van der Waals surface area contributed by atoms with Crippen LogP contribution in [0.1, 0.15) is 13.3 Å². The summed E-state index contributed by atoms with van der Waals surface area (Å²) in [6.07, 6.45) is 0.989. The van der Waals surface area contributed by atoms with E-state index in [9.17, 15) is 0 Å². The van der Waals surface area contributed by atoms with Crippen LogP contribution in [0.25, 0.3) is 0 Å². The van der Waals surface area contributed by atoms with E-state index >= 15 is 0 Å². The highest BCUT2D eigenvalue weighted by Crippen LogP contribution is 2.18. The molecule has 0 atom stereocenters. The summed E-state index contributed by atoms with van der Waals surface area (Å²) in [5, 5.41) is 0. The van der Waals surface area contributed by atoms with Crippen molar-refractivity contribution in [2.45, 2.75) is 25.4 Å². The molecule has 11 heavy (non-hydrogen) atoms. The Morgan fingerprint density at radius 1 is 1.27 bits per heavy atom. The second kappa shape index (κ2) is 6.00. The molecule has 0 radical (unpaired) electrons. The summed E-state index contributed by atoms with van der Waals surface area (Å²) >= 11 is 5.59. The first-order valence-corrected chi connectivity index (χ1v) is 6.67. The molecule has 68 valence electrons. The average Bonchev–Trinajstić information content (AvgIpc) is 2.08. The Morgan fingerprint density at radius 2 is 1.82 bits per heavy atom. The number of hydrogen-bond acceptors (Lipinski definition) is 2. The predicted octanol–water partition coefficient (Wildman–Crippen LogP) is 2.37. The number of hydrogen-bond donors (Lipinski definition) is 0. The summed E-state index contributed by atoms with van der Waals surface area (Å²) in [4.78, 5) is 0. The fourth-order valence-corrected chi connectivity index (χ4v) is 3.67. The minimum Gasteiger partial charge on any atom is -0.398 e. The van der Waals surface area contributed by atoms with Crippen LogP contribution in [0, 0.1) is 0 Å². The van der Waals surface area contributed by atoms with E-state index in [2.05, 4.69) is 6.92 Å². The van der Waals surface area contributed by atoms with Crippen LogP contribution >= 0.6 is 11.6 Å². The molecule has 0 aliphatic rings. The molecule has 0 unspecified atom stereocenters. The smallest absolute Gasteiger partial charge is 0.337 e. The van der Waals surface area contributed by atoms with Crippen LogP contribution in [0.5, 0.6) is 0 Å². The summed E-state index contributed by atoms with van der Waals surface area (Å²) < 4.78 is 10.8. The van der Waals surface area contributed by atoms with E-state index in [0.29, 0.717) is 5.88 Å². The summed E-state index contributed by atoms with van der Waals surface area (Å²) in [6.45, 7) is 2.10. The second-order valence-corrected chi connectivity index (χ2v) is 6.69. The molecule has 0 saturated carbocycles. The topological polar surface area (TPSA) is 18.5 Å². The van der Waals surface area contributed by atoms with Gasteiger partial charge in [-0.1, -0.05) is 6.92 Å². The van der Waals surface area contributed by atoms with Crippen LogP contribution < -0.4 is 0 Å². The Balaban J connectivity index is 3.84. The standard InChI is InChI=1S/C7H17ClO2Si/c1-4-11(9-2,10-3)7-5-6-8/h4-7H2,1-3H3. The maximum Gasteiger partial charge on any atom is 0.337 e. The maximum atomic E-state index is 5.59. The highest BCUT2D eigenvalue weighted by atomic mass is 35.5. The second-order valence-electron chi connectivity index (χ2n) is 2.47. The van der Waals surface area contributed by atoms with Gasteiger partial charge in [-0.15, -0.1) is 11.6 Å². The van der Waals surface area contributed by atoms with E-state index in [-0.39, 0.29) is 0 Å².